The van der Waals surface area contributed by atoms with Gasteiger partial charge in [-0.05, 0) is 38.3 Å². The van der Waals surface area contributed by atoms with E-state index in [0.29, 0.717) is 32.4 Å². The minimum absolute atomic E-state index is 0.00756. The van der Waals surface area contributed by atoms with Gasteiger partial charge in [0.25, 0.3) is 0 Å². The molecule has 1 aliphatic carbocycles. The summed E-state index contributed by atoms with van der Waals surface area (Å²) in [6.45, 7) is 2.38. The van der Waals surface area contributed by atoms with Crippen LogP contribution < -0.4 is 14.8 Å². The molecule has 3 atom stereocenters. The maximum Gasteiger partial charge on any atom is 0.223 e. The zero-order valence-corrected chi connectivity index (χ0v) is 16.1. The molecule has 146 valence electrons. The molecule has 1 fully saturated rings. The van der Waals surface area contributed by atoms with E-state index in [1.54, 1.807) is 14.0 Å². The number of amides is 1. The summed E-state index contributed by atoms with van der Waals surface area (Å²) in [5, 5.41) is 2.87. The number of ether oxygens (including phenoxy) is 2. The molecule has 0 aromatic heterocycles. The van der Waals surface area contributed by atoms with Gasteiger partial charge in [0.05, 0.1) is 18.4 Å². The van der Waals surface area contributed by atoms with Crippen molar-refractivity contribution >= 4 is 15.9 Å². The van der Waals surface area contributed by atoms with Crippen molar-refractivity contribution in [2.24, 2.45) is 5.92 Å². The van der Waals surface area contributed by atoms with Gasteiger partial charge in [-0.1, -0.05) is 18.2 Å². The molecule has 1 amide bonds. The molecule has 1 aromatic rings. The Kier molecular flexibility index (Phi) is 7.86. The highest BCUT2D eigenvalue weighted by atomic mass is 32.2. The van der Waals surface area contributed by atoms with E-state index >= 15 is 0 Å². The largest absolute Gasteiger partial charge is 0.492 e. The van der Waals surface area contributed by atoms with Crippen molar-refractivity contribution in [3.05, 3.63) is 30.3 Å². The fourth-order valence-corrected chi connectivity index (χ4v) is 3.98. The lowest BCUT2D eigenvalue weighted by Crippen LogP contribution is -2.50. The monoisotopic (exact) mass is 384 g/mol. The number of hydrogen-bond acceptors (Lipinski definition) is 5. The second kappa shape index (κ2) is 9.89. The normalized spacial score (nSPS) is 23.4. The SMILES string of the molecule is CCS(=O)(=O)N[C@@H]1C[C@@H](C(=O)NCCOc2ccccc2)CC[C@H]1OC. The van der Waals surface area contributed by atoms with Crippen LogP contribution >= 0.6 is 0 Å². The van der Waals surface area contributed by atoms with Crippen LogP contribution in [0, 0.1) is 5.92 Å². The van der Waals surface area contributed by atoms with E-state index in [-0.39, 0.29) is 29.7 Å². The van der Waals surface area contributed by atoms with E-state index < -0.39 is 10.0 Å². The number of rotatable bonds is 9. The quantitative estimate of drug-likeness (QED) is 0.626. The third kappa shape index (κ3) is 6.26. The van der Waals surface area contributed by atoms with Crippen LogP contribution in [0.5, 0.6) is 5.75 Å². The Morgan fingerprint density at radius 2 is 1.96 bits per heavy atom. The summed E-state index contributed by atoms with van der Waals surface area (Å²) in [6.07, 6.45) is 1.55. The summed E-state index contributed by atoms with van der Waals surface area (Å²) in [5.41, 5.74) is 0. The molecule has 0 saturated heterocycles. The van der Waals surface area contributed by atoms with E-state index in [2.05, 4.69) is 10.0 Å². The Balaban J connectivity index is 1.80. The molecule has 1 aliphatic rings. The van der Waals surface area contributed by atoms with Gasteiger partial charge in [-0.15, -0.1) is 0 Å². The highest BCUT2D eigenvalue weighted by Gasteiger charge is 2.35. The molecule has 1 aromatic carbocycles. The highest BCUT2D eigenvalue weighted by molar-refractivity contribution is 7.89. The van der Waals surface area contributed by atoms with Gasteiger partial charge in [0.1, 0.15) is 12.4 Å². The molecule has 1 saturated carbocycles. The molecule has 0 bridgehead atoms. The lowest BCUT2D eigenvalue weighted by atomic mass is 9.83. The number of sulfonamides is 1. The average molecular weight is 384 g/mol. The zero-order chi connectivity index (χ0) is 19.0. The van der Waals surface area contributed by atoms with Gasteiger partial charge in [-0.3, -0.25) is 4.79 Å². The van der Waals surface area contributed by atoms with Crippen LogP contribution in [0.25, 0.3) is 0 Å². The van der Waals surface area contributed by atoms with Crippen molar-refractivity contribution in [1.29, 1.82) is 0 Å². The summed E-state index contributed by atoms with van der Waals surface area (Å²) < 4.78 is 37.3. The smallest absolute Gasteiger partial charge is 0.223 e. The second-order valence-corrected chi connectivity index (χ2v) is 8.41. The summed E-state index contributed by atoms with van der Waals surface area (Å²) in [4.78, 5) is 12.4. The van der Waals surface area contributed by atoms with Crippen molar-refractivity contribution in [2.45, 2.75) is 38.3 Å². The third-order valence-corrected chi connectivity index (χ3v) is 6.01. The Bertz CT molecular complexity index is 665. The predicted octanol–water partition coefficient (Wildman–Crippen LogP) is 1.30. The Hall–Kier alpha value is -1.64. The second-order valence-electron chi connectivity index (χ2n) is 6.36. The molecule has 7 nitrogen and oxygen atoms in total. The Morgan fingerprint density at radius 1 is 1.23 bits per heavy atom. The Labute approximate surface area is 155 Å². The van der Waals surface area contributed by atoms with Crippen LogP contribution in [0.2, 0.25) is 0 Å². The third-order valence-electron chi connectivity index (χ3n) is 4.58. The lowest BCUT2D eigenvalue weighted by Gasteiger charge is -2.34. The highest BCUT2D eigenvalue weighted by Crippen LogP contribution is 2.27. The minimum Gasteiger partial charge on any atom is -0.492 e. The molecule has 26 heavy (non-hydrogen) atoms. The van der Waals surface area contributed by atoms with E-state index in [1.807, 2.05) is 30.3 Å². The Morgan fingerprint density at radius 3 is 2.62 bits per heavy atom. The van der Waals surface area contributed by atoms with Crippen molar-refractivity contribution < 1.29 is 22.7 Å². The summed E-state index contributed by atoms with van der Waals surface area (Å²) in [5.74, 6) is 0.462. The first-order chi connectivity index (χ1) is 12.4. The van der Waals surface area contributed by atoms with E-state index in [1.165, 1.54) is 0 Å². The van der Waals surface area contributed by atoms with Crippen LogP contribution in [0.15, 0.2) is 30.3 Å². The van der Waals surface area contributed by atoms with Crippen molar-refractivity contribution in [1.82, 2.24) is 10.0 Å². The van der Waals surface area contributed by atoms with Gasteiger partial charge in [-0.25, -0.2) is 13.1 Å². The average Bonchev–Trinajstić information content (AvgIpc) is 2.65. The molecule has 0 spiro atoms. The number of benzene rings is 1. The van der Waals surface area contributed by atoms with Crippen molar-refractivity contribution in [3.8, 4) is 5.75 Å². The van der Waals surface area contributed by atoms with Crippen LogP contribution in [-0.4, -0.2) is 52.5 Å². The van der Waals surface area contributed by atoms with Gasteiger partial charge >= 0.3 is 0 Å². The predicted molar refractivity (Wildman–Crippen MR) is 99.5 cm³/mol. The van der Waals surface area contributed by atoms with Crippen LogP contribution in [0.3, 0.4) is 0 Å². The molecule has 0 heterocycles. The molecule has 0 aliphatic heterocycles. The van der Waals surface area contributed by atoms with Gasteiger partial charge in [-0.2, -0.15) is 0 Å². The fourth-order valence-electron chi connectivity index (χ4n) is 3.11. The first kappa shape index (κ1) is 20.7. The van der Waals surface area contributed by atoms with Gasteiger partial charge in [0.2, 0.25) is 15.9 Å². The number of hydrogen-bond donors (Lipinski definition) is 2. The standard InChI is InChI=1S/C18H28N2O5S/c1-3-26(22,23)20-16-13-14(9-10-17(16)24-2)18(21)19-11-12-25-15-7-5-4-6-8-15/h4-8,14,16-17,20H,3,9-13H2,1-2H3,(H,19,21)/t14-,16+,17+/m0/s1. The molecular formula is C18H28N2O5S. The molecule has 8 heteroatoms. The molecule has 0 radical (unpaired) electrons. The number of carbonyl (C=O) groups excluding carboxylic acids is 1. The summed E-state index contributed by atoms with van der Waals surface area (Å²) in [7, 11) is -1.78. The van der Waals surface area contributed by atoms with Gasteiger partial charge in [0.15, 0.2) is 0 Å². The van der Waals surface area contributed by atoms with Crippen molar-refractivity contribution in [3.63, 3.8) is 0 Å². The fraction of sp³-hybridized carbons (Fsp3) is 0.611. The number of methoxy groups -OCH3 is 1. The summed E-state index contributed by atoms with van der Waals surface area (Å²) in [6, 6.07) is 9.03. The molecule has 2 rings (SSSR count). The first-order valence-electron chi connectivity index (χ1n) is 8.93. The van der Waals surface area contributed by atoms with Gasteiger partial charge < -0.3 is 14.8 Å². The summed E-state index contributed by atoms with van der Waals surface area (Å²) >= 11 is 0. The van der Waals surface area contributed by atoms with E-state index in [0.717, 1.165) is 5.75 Å². The van der Waals surface area contributed by atoms with E-state index in [9.17, 15) is 13.2 Å². The van der Waals surface area contributed by atoms with Crippen molar-refractivity contribution in [2.75, 3.05) is 26.0 Å². The number of carbonyl (C=O) groups is 1. The number of nitrogens with one attached hydrogen (secondary N) is 2. The van der Waals surface area contributed by atoms with Crippen LogP contribution in [0.4, 0.5) is 0 Å². The van der Waals surface area contributed by atoms with E-state index in [4.69, 9.17) is 9.47 Å². The maximum atomic E-state index is 12.4. The lowest BCUT2D eigenvalue weighted by molar-refractivity contribution is -0.127. The number of para-hydroxylation sites is 1. The van der Waals surface area contributed by atoms with Crippen LogP contribution in [0.1, 0.15) is 26.2 Å². The van der Waals surface area contributed by atoms with Gasteiger partial charge in [0, 0.05) is 19.1 Å². The first-order valence-corrected chi connectivity index (χ1v) is 10.6. The topological polar surface area (TPSA) is 93.7 Å². The molecule has 2 N–H and O–H groups in total. The van der Waals surface area contributed by atoms with Crippen LogP contribution in [-0.2, 0) is 19.6 Å². The maximum absolute atomic E-state index is 12.4. The molecular weight excluding hydrogens is 356 g/mol. The minimum atomic E-state index is -3.34. The zero-order valence-electron chi connectivity index (χ0n) is 15.3. The molecule has 0 unspecified atom stereocenters.